The lowest BCUT2D eigenvalue weighted by atomic mass is 9.83. The maximum Gasteiger partial charge on any atom is 0.337 e. The van der Waals surface area contributed by atoms with Gasteiger partial charge in [0.25, 0.3) is 0 Å². The predicted molar refractivity (Wildman–Crippen MR) is 102 cm³/mol. The van der Waals surface area contributed by atoms with Crippen LogP contribution in [0.2, 0.25) is 0 Å². The molecule has 0 saturated carbocycles. The molecule has 0 amide bonds. The number of hydrogen-bond acceptors (Lipinski definition) is 4. The van der Waals surface area contributed by atoms with Crippen molar-refractivity contribution in [3.8, 4) is 0 Å². The quantitative estimate of drug-likeness (QED) is 0.719. The summed E-state index contributed by atoms with van der Waals surface area (Å²) in [5, 5.41) is 0. The third-order valence-electron chi connectivity index (χ3n) is 3.64. The van der Waals surface area contributed by atoms with Crippen LogP contribution in [0, 0.1) is 5.92 Å². The minimum absolute atomic E-state index is 0.0574. The molecule has 1 aliphatic rings. The van der Waals surface area contributed by atoms with Crippen LogP contribution in [0.5, 0.6) is 0 Å². The molecular formula is C21H34O4. The van der Waals surface area contributed by atoms with E-state index in [-0.39, 0.29) is 17.9 Å². The molecule has 1 aromatic carbocycles. The molecule has 142 valence electrons. The summed E-state index contributed by atoms with van der Waals surface area (Å²) in [6.07, 6.45) is 4.36. The van der Waals surface area contributed by atoms with Crippen molar-refractivity contribution < 1.29 is 19.1 Å². The van der Waals surface area contributed by atoms with Crippen molar-refractivity contribution in [3.05, 3.63) is 34.9 Å². The molecule has 0 aromatic heterocycles. The van der Waals surface area contributed by atoms with Gasteiger partial charge in [-0.05, 0) is 48.9 Å². The molecule has 0 saturated heterocycles. The zero-order chi connectivity index (χ0) is 19.2. The van der Waals surface area contributed by atoms with E-state index in [0.29, 0.717) is 18.6 Å². The van der Waals surface area contributed by atoms with Gasteiger partial charge in [-0.25, -0.2) is 4.79 Å². The molecule has 1 aliphatic carbocycles. The molecule has 0 N–H and O–H groups in total. The fraction of sp³-hybridized carbons (Fsp3) is 0.619. The van der Waals surface area contributed by atoms with E-state index in [9.17, 15) is 9.59 Å². The lowest BCUT2D eigenvalue weighted by Crippen LogP contribution is -2.25. The van der Waals surface area contributed by atoms with Gasteiger partial charge in [-0.3, -0.25) is 4.79 Å². The molecule has 2 rings (SSSR count). The van der Waals surface area contributed by atoms with Crippen LogP contribution in [0.4, 0.5) is 0 Å². The van der Waals surface area contributed by atoms with E-state index in [1.165, 1.54) is 13.5 Å². The Balaban J connectivity index is 0.00000104. The number of esters is 2. The third-order valence-corrected chi connectivity index (χ3v) is 3.64. The topological polar surface area (TPSA) is 52.6 Å². The summed E-state index contributed by atoms with van der Waals surface area (Å²) in [4.78, 5) is 23.4. The fourth-order valence-corrected chi connectivity index (χ4v) is 2.52. The van der Waals surface area contributed by atoms with Crippen molar-refractivity contribution in [2.75, 3.05) is 13.7 Å². The number of benzene rings is 1. The molecule has 0 spiro atoms. The molecule has 0 radical (unpaired) electrons. The first kappa shape index (κ1) is 23.2. The smallest absolute Gasteiger partial charge is 0.337 e. The average Bonchev–Trinajstić information content (AvgIpc) is 2.66. The summed E-state index contributed by atoms with van der Waals surface area (Å²) in [6.45, 7) is 10.7. The first-order valence-electron chi connectivity index (χ1n) is 9.44. The largest absolute Gasteiger partial charge is 0.465 e. The highest BCUT2D eigenvalue weighted by Gasteiger charge is 2.26. The van der Waals surface area contributed by atoms with E-state index in [4.69, 9.17) is 9.47 Å². The van der Waals surface area contributed by atoms with Crippen LogP contribution in [0.25, 0.3) is 0 Å². The summed E-state index contributed by atoms with van der Waals surface area (Å²) >= 11 is 0. The van der Waals surface area contributed by atoms with Gasteiger partial charge in [0.05, 0.1) is 25.2 Å². The summed E-state index contributed by atoms with van der Waals surface area (Å²) in [5.41, 5.74) is 2.83. The molecule has 1 unspecified atom stereocenters. The van der Waals surface area contributed by atoms with E-state index in [1.807, 2.05) is 32.9 Å². The second kappa shape index (κ2) is 13.5. The number of rotatable bonds is 4. The Morgan fingerprint density at radius 3 is 2.32 bits per heavy atom. The van der Waals surface area contributed by atoms with Crippen LogP contribution in [0.1, 0.15) is 75.4 Å². The Bertz CT molecular complexity index is 523. The number of fused-ring (bicyclic) bond motifs is 1. The number of hydrogen-bond donors (Lipinski definition) is 0. The van der Waals surface area contributed by atoms with Gasteiger partial charge in [0.15, 0.2) is 0 Å². The second-order valence-electron chi connectivity index (χ2n) is 5.79. The van der Waals surface area contributed by atoms with Crippen molar-refractivity contribution in [2.24, 2.45) is 5.92 Å². The summed E-state index contributed by atoms with van der Waals surface area (Å²) in [7, 11) is 1.38. The van der Waals surface area contributed by atoms with E-state index in [0.717, 1.165) is 30.4 Å². The van der Waals surface area contributed by atoms with Gasteiger partial charge in [-0.2, -0.15) is 0 Å². The summed E-state index contributed by atoms with van der Waals surface area (Å²) < 4.78 is 9.93. The number of methoxy groups -OCH3 is 1. The minimum atomic E-state index is -0.322. The number of carbonyl (C=O) groups excluding carboxylic acids is 2. The maximum atomic E-state index is 11.9. The van der Waals surface area contributed by atoms with Crippen molar-refractivity contribution in [3.63, 3.8) is 0 Å². The highest BCUT2D eigenvalue weighted by atomic mass is 16.5. The zero-order valence-corrected chi connectivity index (χ0v) is 16.7. The van der Waals surface area contributed by atoms with Crippen LogP contribution in [-0.2, 0) is 27.1 Å². The fourth-order valence-electron chi connectivity index (χ4n) is 2.52. The number of carbonyl (C=O) groups is 2. The molecular weight excluding hydrogens is 316 g/mol. The highest BCUT2D eigenvalue weighted by Crippen LogP contribution is 2.27. The Morgan fingerprint density at radius 1 is 1.12 bits per heavy atom. The van der Waals surface area contributed by atoms with Crippen molar-refractivity contribution in [1.29, 1.82) is 0 Å². The van der Waals surface area contributed by atoms with Crippen molar-refractivity contribution in [1.82, 2.24) is 0 Å². The first-order valence-corrected chi connectivity index (χ1v) is 9.44. The molecule has 1 aromatic rings. The van der Waals surface area contributed by atoms with Gasteiger partial charge in [0, 0.05) is 0 Å². The van der Waals surface area contributed by atoms with E-state index in [1.54, 1.807) is 6.07 Å². The van der Waals surface area contributed by atoms with Crippen LogP contribution >= 0.6 is 0 Å². The number of aryl methyl sites for hydroxylation is 1. The Labute approximate surface area is 152 Å². The molecule has 1 atom stereocenters. The van der Waals surface area contributed by atoms with Gasteiger partial charge in [0.2, 0.25) is 0 Å². The van der Waals surface area contributed by atoms with Crippen LogP contribution in [-0.4, -0.2) is 25.7 Å². The molecule has 4 heteroatoms. The van der Waals surface area contributed by atoms with E-state index in [2.05, 4.69) is 13.8 Å². The zero-order valence-electron chi connectivity index (χ0n) is 16.7. The Kier molecular flexibility index (Phi) is 12.5. The molecule has 4 nitrogen and oxygen atoms in total. The van der Waals surface area contributed by atoms with E-state index < -0.39 is 0 Å². The van der Waals surface area contributed by atoms with E-state index >= 15 is 0 Å². The Morgan fingerprint density at radius 2 is 1.76 bits per heavy atom. The minimum Gasteiger partial charge on any atom is -0.465 e. The first-order chi connectivity index (χ1) is 12.1. The van der Waals surface area contributed by atoms with Gasteiger partial charge >= 0.3 is 11.9 Å². The SMILES string of the molecule is CC.CCC.CCCOC(=O)C1CCc2cc(C(=O)OC)ccc2C1. The average molecular weight is 350 g/mol. The molecule has 25 heavy (non-hydrogen) atoms. The molecule has 0 fully saturated rings. The molecule has 0 bridgehead atoms. The monoisotopic (exact) mass is 350 g/mol. The lowest BCUT2D eigenvalue weighted by Gasteiger charge is -2.23. The van der Waals surface area contributed by atoms with Gasteiger partial charge in [0.1, 0.15) is 0 Å². The standard InChI is InChI=1S/C16H20O4.C3H8.C2H6/c1-3-8-20-16(18)14-7-5-11-9-13(15(17)19-2)6-4-12(11)10-14;1-3-2;1-2/h4,6,9,14H,3,5,7-8,10H2,1-2H3;3H2,1-2H3;1-2H3. The van der Waals surface area contributed by atoms with Crippen LogP contribution in [0.3, 0.4) is 0 Å². The highest BCUT2D eigenvalue weighted by molar-refractivity contribution is 5.89. The lowest BCUT2D eigenvalue weighted by molar-refractivity contribution is -0.148. The second-order valence-corrected chi connectivity index (χ2v) is 5.79. The third kappa shape index (κ3) is 7.72. The molecule has 0 heterocycles. The van der Waals surface area contributed by atoms with Gasteiger partial charge in [-0.15, -0.1) is 0 Å². The maximum absolute atomic E-state index is 11.9. The normalized spacial score (nSPS) is 14.7. The summed E-state index contributed by atoms with van der Waals surface area (Å²) in [5.74, 6) is -0.482. The van der Waals surface area contributed by atoms with Crippen LogP contribution in [0.15, 0.2) is 18.2 Å². The predicted octanol–water partition coefficient (Wildman–Crippen LogP) is 4.97. The van der Waals surface area contributed by atoms with Crippen molar-refractivity contribution in [2.45, 2.75) is 66.7 Å². The van der Waals surface area contributed by atoms with Crippen molar-refractivity contribution >= 4 is 11.9 Å². The Hall–Kier alpha value is -1.84. The number of ether oxygens (including phenoxy) is 2. The molecule has 0 aliphatic heterocycles. The van der Waals surface area contributed by atoms with Gasteiger partial charge < -0.3 is 9.47 Å². The summed E-state index contributed by atoms with van der Waals surface area (Å²) in [6, 6.07) is 5.54. The van der Waals surface area contributed by atoms with Crippen LogP contribution < -0.4 is 0 Å². The van der Waals surface area contributed by atoms with Gasteiger partial charge in [-0.1, -0.05) is 47.1 Å².